The molecule has 1 rings (SSSR count). The normalized spacial score (nSPS) is 10.7. The molecule has 0 atom stereocenters. The molecule has 0 aromatic heterocycles. The second kappa shape index (κ2) is 7.63. The van der Waals surface area contributed by atoms with Crippen molar-refractivity contribution in [3.8, 4) is 5.75 Å². The number of amides is 1. The fraction of sp³-hybridized carbons (Fsp3) is 0.500. The summed E-state index contributed by atoms with van der Waals surface area (Å²) in [7, 11) is 0. The third-order valence-electron chi connectivity index (χ3n) is 2.48. The highest BCUT2D eigenvalue weighted by Gasteiger charge is 2.09. The molecule has 5 nitrogen and oxygen atoms in total. The van der Waals surface area contributed by atoms with E-state index < -0.39 is 0 Å². The predicted octanol–water partition coefficient (Wildman–Crippen LogP) is 1.77. The molecule has 0 fully saturated rings. The minimum Gasteiger partial charge on any atom is -0.508 e. The van der Waals surface area contributed by atoms with Gasteiger partial charge in [-0.25, -0.2) is 0 Å². The minimum atomic E-state index is -0.280. The Morgan fingerprint density at radius 2 is 2.21 bits per heavy atom. The van der Waals surface area contributed by atoms with Crippen LogP contribution in [0, 0.1) is 5.92 Å². The van der Waals surface area contributed by atoms with Gasteiger partial charge < -0.3 is 20.9 Å². The van der Waals surface area contributed by atoms with Crippen molar-refractivity contribution < 1.29 is 14.6 Å². The van der Waals surface area contributed by atoms with Gasteiger partial charge in [0, 0.05) is 25.4 Å². The maximum atomic E-state index is 11.8. The summed E-state index contributed by atoms with van der Waals surface area (Å²) in [5, 5.41) is 12.1. The molecule has 0 heterocycles. The van der Waals surface area contributed by atoms with Gasteiger partial charge in [0.05, 0.1) is 5.56 Å². The number of carbonyl (C=O) groups excluding carboxylic acids is 1. The lowest BCUT2D eigenvalue weighted by molar-refractivity contribution is 0.0925. The van der Waals surface area contributed by atoms with E-state index >= 15 is 0 Å². The van der Waals surface area contributed by atoms with Gasteiger partial charge >= 0.3 is 0 Å². The number of benzene rings is 1. The fourth-order valence-corrected chi connectivity index (χ4v) is 1.53. The maximum absolute atomic E-state index is 11.8. The first kappa shape index (κ1) is 15.3. The first-order valence-corrected chi connectivity index (χ1v) is 6.45. The standard InChI is InChI=1S/C14H22N2O3/c1-10(2)9-19-7-3-6-16-14(18)12-8-11(17)4-5-13(12)15/h4-5,8,10,17H,3,6-7,9,15H2,1-2H3,(H,16,18). The lowest BCUT2D eigenvalue weighted by Crippen LogP contribution is -2.26. The molecule has 0 unspecified atom stereocenters. The molecule has 0 aliphatic carbocycles. The Balaban J connectivity index is 2.29. The second-order valence-corrected chi connectivity index (χ2v) is 4.85. The van der Waals surface area contributed by atoms with Gasteiger partial charge in [0.1, 0.15) is 5.75 Å². The Morgan fingerprint density at radius 3 is 2.89 bits per heavy atom. The zero-order valence-electron chi connectivity index (χ0n) is 11.5. The van der Waals surface area contributed by atoms with Crippen LogP contribution >= 0.6 is 0 Å². The number of nitrogen functional groups attached to an aromatic ring is 1. The highest BCUT2D eigenvalue weighted by atomic mass is 16.5. The van der Waals surface area contributed by atoms with Crippen molar-refractivity contribution in [2.45, 2.75) is 20.3 Å². The smallest absolute Gasteiger partial charge is 0.253 e. The quantitative estimate of drug-likeness (QED) is 0.399. The van der Waals surface area contributed by atoms with E-state index in [0.717, 1.165) is 13.0 Å². The Kier molecular flexibility index (Phi) is 6.15. The van der Waals surface area contributed by atoms with Crippen LogP contribution in [0.15, 0.2) is 18.2 Å². The van der Waals surface area contributed by atoms with Crippen molar-refractivity contribution >= 4 is 11.6 Å². The molecule has 0 saturated heterocycles. The second-order valence-electron chi connectivity index (χ2n) is 4.85. The molecular weight excluding hydrogens is 244 g/mol. The number of phenolic OH excluding ortho intramolecular Hbond substituents is 1. The molecule has 0 bridgehead atoms. The van der Waals surface area contributed by atoms with E-state index in [1.165, 1.54) is 18.2 Å². The summed E-state index contributed by atoms with van der Waals surface area (Å²) in [5.41, 5.74) is 6.33. The first-order chi connectivity index (χ1) is 9.00. The number of phenols is 1. The molecule has 1 aromatic carbocycles. The SMILES string of the molecule is CC(C)COCCCNC(=O)c1cc(O)ccc1N. The lowest BCUT2D eigenvalue weighted by atomic mass is 10.1. The Hall–Kier alpha value is -1.75. The largest absolute Gasteiger partial charge is 0.508 e. The van der Waals surface area contributed by atoms with Crippen LogP contribution in [0.4, 0.5) is 5.69 Å². The number of carbonyl (C=O) groups is 1. The Morgan fingerprint density at radius 1 is 1.47 bits per heavy atom. The van der Waals surface area contributed by atoms with Crippen LogP contribution in [0.2, 0.25) is 0 Å². The van der Waals surface area contributed by atoms with E-state index in [0.29, 0.717) is 30.3 Å². The van der Waals surface area contributed by atoms with Crippen LogP contribution in [-0.2, 0) is 4.74 Å². The monoisotopic (exact) mass is 266 g/mol. The predicted molar refractivity (Wildman–Crippen MR) is 75.1 cm³/mol. The van der Waals surface area contributed by atoms with Crippen LogP contribution in [0.25, 0.3) is 0 Å². The zero-order chi connectivity index (χ0) is 14.3. The third-order valence-corrected chi connectivity index (χ3v) is 2.48. The molecule has 0 radical (unpaired) electrons. The summed E-state index contributed by atoms with van der Waals surface area (Å²) >= 11 is 0. The fourth-order valence-electron chi connectivity index (χ4n) is 1.53. The molecule has 106 valence electrons. The molecule has 0 spiro atoms. The molecule has 1 amide bonds. The summed E-state index contributed by atoms with van der Waals surface area (Å²) in [5.74, 6) is 0.263. The Bertz CT molecular complexity index is 419. The van der Waals surface area contributed by atoms with Gasteiger partial charge in [0.15, 0.2) is 0 Å². The summed E-state index contributed by atoms with van der Waals surface area (Å²) in [6.07, 6.45) is 0.747. The number of nitrogens with two attached hydrogens (primary N) is 1. The van der Waals surface area contributed by atoms with Crippen molar-refractivity contribution in [2.75, 3.05) is 25.5 Å². The summed E-state index contributed by atoms with van der Waals surface area (Å²) in [6, 6.07) is 4.32. The molecular formula is C14H22N2O3. The molecule has 4 N–H and O–H groups in total. The van der Waals surface area contributed by atoms with Crippen LogP contribution in [0.1, 0.15) is 30.6 Å². The number of nitrogens with one attached hydrogen (secondary N) is 1. The third kappa shape index (κ3) is 5.61. The first-order valence-electron chi connectivity index (χ1n) is 6.45. The average Bonchev–Trinajstić information content (AvgIpc) is 2.36. The zero-order valence-corrected chi connectivity index (χ0v) is 11.5. The number of anilines is 1. The average molecular weight is 266 g/mol. The highest BCUT2D eigenvalue weighted by Crippen LogP contribution is 2.18. The Labute approximate surface area is 113 Å². The molecule has 19 heavy (non-hydrogen) atoms. The van der Waals surface area contributed by atoms with E-state index in [1.54, 1.807) is 0 Å². The van der Waals surface area contributed by atoms with Gasteiger partial charge in [0.25, 0.3) is 5.91 Å². The summed E-state index contributed by atoms with van der Waals surface area (Å²) in [6.45, 7) is 6.05. The molecule has 0 aliphatic heterocycles. The van der Waals surface area contributed by atoms with Crippen LogP contribution in [0.5, 0.6) is 5.75 Å². The van der Waals surface area contributed by atoms with Crippen LogP contribution in [-0.4, -0.2) is 30.8 Å². The molecule has 1 aromatic rings. The number of hydrogen-bond donors (Lipinski definition) is 3. The van der Waals surface area contributed by atoms with E-state index in [-0.39, 0.29) is 11.7 Å². The van der Waals surface area contributed by atoms with Crippen molar-refractivity contribution in [1.29, 1.82) is 0 Å². The van der Waals surface area contributed by atoms with Crippen molar-refractivity contribution in [3.63, 3.8) is 0 Å². The van der Waals surface area contributed by atoms with Gasteiger partial charge in [-0.2, -0.15) is 0 Å². The van der Waals surface area contributed by atoms with Crippen molar-refractivity contribution in [3.05, 3.63) is 23.8 Å². The van der Waals surface area contributed by atoms with Gasteiger partial charge in [-0.1, -0.05) is 13.8 Å². The van der Waals surface area contributed by atoms with E-state index in [4.69, 9.17) is 10.5 Å². The topological polar surface area (TPSA) is 84.6 Å². The summed E-state index contributed by atoms with van der Waals surface area (Å²) in [4.78, 5) is 11.8. The van der Waals surface area contributed by atoms with Crippen molar-refractivity contribution in [2.24, 2.45) is 5.92 Å². The van der Waals surface area contributed by atoms with E-state index in [9.17, 15) is 9.90 Å². The number of aromatic hydroxyl groups is 1. The molecule has 5 heteroatoms. The number of hydrogen-bond acceptors (Lipinski definition) is 4. The van der Waals surface area contributed by atoms with Crippen LogP contribution < -0.4 is 11.1 Å². The number of ether oxygens (including phenoxy) is 1. The van der Waals surface area contributed by atoms with Crippen LogP contribution in [0.3, 0.4) is 0 Å². The van der Waals surface area contributed by atoms with Gasteiger partial charge in [-0.15, -0.1) is 0 Å². The molecule has 0 aliphatic rings. The minimum absolute atomic E-state index is 0.0274. The summed E-state index contributed by atoms with van der Waals surface area (Å²) < 4.78 is 5.41. The van der Waals surface area contributed by atoms with Gasteiger partial charge in [-0.05, 0) is 30.5 Å². The molecule has 0 saturated carbocycles. The van der Waals surface area contributed by atoms with Gasteiger partial charge in [0.2, 0.25) is 0 Å². The highest BCUT2D eigenvalue weighted by molar-refractivity contribution is 5.99. The number of rotatable bonds is 7. The van der Waals surface area contributed by atoms with E-state index in [1.807, 2.05) is 0 Å². The van der Waals surface area contributed by atoms with Crippen molar-refractivity contribution in [1.82, 2.24) is 5.32 Å². The van der Waals surface area contributed by atoms with Gasteiger partial charge in [-0.3, -0.25) is 4.79 Å². The maximum Gasteiger partial charge on any atom is 0.253 e. The van der Waals surface area contributed by atoms with E-state index in [2.05, 4.69) is 19.2 Å². The lowest BCUT2D eigenvalue weighted by Gasteiger charge is -2.09.